The molecule has 0 atom stereocenters. The molecule has 0 fully saturated rings. The van der Waals surface area contributed by atoms with Crippen molar-refractivity contribution in [1.29, 1.82) is 0 Å². The molecule has 1 aromatic carbocycles. The first kappa shape index (κ1) is 20.4. The number of ether oxygens (including phenoxy) is 1. The number of nitrogens with zero attached hydrogens (tertiary/aromatic N) is 2. The van der Waals surface area contributed by atoms with Crippen molar-refractivity contribution < 1.29 is 9.53 Å². The summed E-state index contributed by atoms with van der Waals surface area (Å²) in [6.07, 6.45) is 7.86. The van der Waals surface area contributed by atoms with Crippen molar-refractivity contribution in [2.45, 2.75) is 49.0 Å². The van der Waals surface area contributed by atoms with Crippen molar-refractivity contribution in [3.8, 4) is 0 Å². The number of aromatic amines is 1. The van der Waals surface area contributed by atoms with Crippen molar-refractivity contribution in [3.05, 3.63) is 71.0 Å². The molecule has 0 unspecified atom stereocenters. The first-order valence-electron chi connectivity index (χ1n) is 9.07. The number of H-pyrrole nitrogens is 1. The highest BCUT2D eigenvalue weighted by atomic mass is 35.5. The molecule has 5 nitrogen and oxygen atoms in total. The van der Waals surface area contributed by atoms with E-state index in [1.807, 2.05) is 30.5 Å². The van der Waals surface area contributed by atoms with Crippen LogP contribution >= 0.6 is 23.4 Å². The van der Waals surface area contributed by atoms with Crippen LogP contribution in [0.3, 0.4) is 0 Å². The third-order valence-electron chi connectivity index (χ3n) is 4.14. The molecule has 3 aromatic rings. The number of hydrogen-bond donors (Lipinski definition) is 1. The van der Waals surface area contributed by atoms with Crippen LogP contribution in [0.25, 0.3) is 0 Å². The normalized spacial score (nSPS) is 11.0. The molecule has 1 N–H and O–H groups in total. The number of esters is 1. The number of imidazole rings is 1. The molecule has 0 aliphatic heterocycles. The fourth-order valence-electron chi connectivity index (χ4n) is 2.89. The molecule has 3 rings (SSSR count). The van der Waals surface area contributed by atoms with E-state index in [1.165, 1.54) is 0 Å². The average molecular weight is 416 g/mol. The van der Waals surface area contributed by atoms with Crippen molar-refractivity contribution in [2.24, 2.45) is 0 Å². The van der Waals surface area contributed by atoms with Gasteiger partial charge in [0.1, 0.15) is 12.4 Å². The molecule has 0 aliphatic rings. The van der Waals surface area contributed by atoms with Gasteiger partial charge in [-0.25, -0.2) is 4.98 Å². The molecule has 0 saturated carbocycles. The average Bonchev–Trinajstić information content (AvgIpc) is 3.18. The first-order valence-corrected chi connectivity index (χ1v) is 10.3. The second-order valence-corrected chi connectivity index (χ2v) is 8.17. The largest absolute Gasteiger partial charge is 0.461 e. The molecule has 2 aromatic heterocycles. The molecular formula is C21H22ClN3O2S. The lowest BCUT2D eigenvalue weighted by Crippen LogP contribution is -2.09. The van der Waals surface area contributed by atoms with E-state index in [4.69, 9.17) is 16.3 Å². The van der Waals surface area contributed by atoms with Gasteiger partial charge in [0.05, 0.1) is 6.42 Å². The van der Waals surface area contributed by atoms with Crippen molar-refractivity contribution >= 4 is 29.3 Å². The SMILES string of the molecule is CC(C)c1c(COC(=O)CCc2ncc[nH]2)cncc1Sc1cccc(Cl)c1. The number of pyridine rings is 1. The van der Waals surface area contributed by atoms with E-state index in [0.29, 0.717) is 11.4 Å². The number of carbonyl (C=O) groups is 1. The number of hydrogen-bond acceptors (Lipinski definition) is 5. The van der Waals surface area contributed by atoms with Crippen LogP contribution in [-0.2, 0) is 22.6 Å². The van der Waals surface area contributed by atoms with E-state index in [1.54, 1.807) is 30.4 Å². The van der Waals surface area contributed by atoms with Crippen molar-refractivity contribution in [2.75, 3.05) is 0 Å². The molecule has 146 valence electrons. The Balaban J connectivity index is 1.69. The van der Waals surface area contributed by atoms with Crippen LogP contribution in [0.1, 0.15) is 43.1 Å². The lowest BCUT2D eigenvalue weighted by molar-refractivity contribution is -0.144. The van der Waals surface area contributed by atoms with Gasteiger partial charge < -0.3 is 9.72 Å². The first-order chi connectivity index (χ1) is 13.5. The molecule has 28 heavy (non-hydrogen) atoms. The topological polar surface area (TPSA) is 67.9 Å². The van der Waals surface area contributed by atoms with Crippen LogP contribution in [0.15, 0.2) is 58.8 Å². The van der Waals surface area contributed by atoms with Crippen LogP contribution < -0.4 is 0 Å². The van der Waals surface area contributed by atoms with Gasteiger partial charge in [-0.05, 0) is 29.7 Å². The molecule has 0 radical (unpaired) electrons. The Morgan fingerprint density at radius 2 is 2.18 bits per heavy atom. The predicted octanol–water partition coefficient (Wildman–Crippen LogP) is 5.41. The molecular weight excluding hydrogens is 394 g/mol. The predicted molar refractivity (Wildman–Crippen MR) is 111 cm³/mol. The number of halogens is 1. The lowest BCUT2D eigenvalue weighted by Gasteiger charge is -2.17. The van der Waals surface area contributed by atoms with Gasteiger partial charge >= 0.3 is 5.97 Å². The van der Waals surface area contributed by atoms with E-state index in [9.17, 15) is 4.79 Å². The summed E-state index contributed by atoms with van der Waals surface area (Å²) in [5.41, 5.74) is 2.06. The Morgan fingerprint density at radius 1 is 1.32 bits per heavy atom. The van der Waals surface area contributed by atoms with Gasteiger partial charge in [0.2, 0.25) is 0 Å². The Hall–Kier alpha value is -2.31. The number of benzene rings is 1. The van der Waals surface area contributed by atoms with E-state index in [2.05, 4.69) is 28.8 Å². The molecule has 0 amide bonds. The summed E-state index contributed by atoms with van der Waals surface area (Å²) in [4.78, 5) is 25.6. The van der Waals surface area contributed by atoms with Gasteiger partial charge in [-0.3, -0.25) is 9.78 Å². The van der Waals surface area contributed by atoms with Gasteiger partial charge in [0.25, 0.3) is 0 Å². The maximum atomic E-state index is 12.1. The summed E-state index contributed by atoms with van der Waals surface area (Å²) in [6.45, 7) is 4.46. The molecule has 0 saturated heterocycles. The highest BCUT2D eigenvalue weighted by Crippen LogP contribution is 2.36. The number of aromatic nitrogens is 3. The minimum absolute atomic E-state index is 0.210. The number of carbonyl (C=O) groups excluding carboxylic acids is 1. The molecule has 0 aliphatic carbocycles. The summed E-state index contributed by atoms with van der Waals surface area (Å²) in [5.74, 6) is 0.793. The van der Waals surface area contributed by atoms with Crippen molar-refractivity contribution in [3.63, 3.8) is 0 Å². The molecule has 2 heterocycles. The van der Waals surface area contributed by atoms with Crippen LogP contribution in [0, 0.1) is 0 Å². The standard InChI is InChI=1S/C21H22ClN3O2S/c1-14(2)21-15(13-27-20(26)7-6-19-24-8-9-25-19)11-23-12-18(21)28-17-5-3-4-16(22)10-17/h3-5,8-12,14H,6-7,13H2,1-2H3,(H,24,25). The van der Waals surface area contributed by atoms with Gasteiger partial charge in [0, 0.05) is 51.6 Å². The van der Waals surface area contributed by atoms with E-state index in [0.717, 1.165) is 26.7 Å². The summed E-state index contributed by atoms with van der Waals surface area (Å²) in [6, 6.07) is 7.73. The fourth-order valence-corrected chi connectivity index (χ4v) is 4.32. The van der Waals surface area contributed by atoms with Gasteiger partial charge in [-0.2, -0.15) is 0 Å². The van der Waals surface area contributed by atoms with Crippen LogP contribution in [0.2, 0.25) is 5.02 Å². The zero-order valence-corrected chi connectivity index (χ0v) is 17.4. The van der Waals surface area contributed by atoms with E-state index in [-0.39, 0.29) is 24.9 Å². The maximum Gasteiger partial charge on any atom is 0.306 e. The number of aryl methyl sites for hydroxylation is 1. The summed E-state index contributed by atoms with van der Waals surface area (Å²) in [5, 5.41) is 0.700. The van der Waals surface area contributed by atoms with Crippen molar-refractivity contribution in [1.82, 2.24) is 15.0 Å². The van der Waals surface area contributed by atoms with Gasteiger partial charge in [-0.15, -0.1) is 0 Å². The third-order valence-corrected chi connectivity index (χ3v) is 5.41. The number of rotatable bonds is 8. The minimum Gasteiger partial charge on any atom is -0.461 e. The maximum absolute atomic E-state index is 12.1. The van der Waals surface area contributed by atoms with E-state index >= 15 is 0 Å². The summed E-state index contributed by atoms with van der Waals surface area (Å²) >= 11 is 7.72. The van der Waals surface area contributed by atoms with Crippen LogP contribution in [0.5, 0.6) is 0 Å². The highest BCUT2D eigenvalue weighted by molar-refractivity contribution is 7.99. The zero-order valence-electron chi connectivity index (χ0n) is 15.8. The summed E-state index contributed by atoms with van der Waals surface area (Å²) in [7, 11) is 0. The Labute approximate surface area is 173 Å². The molecule has 7 heteroatoms. The fraction of sp³-hybridized carbons (Fsp3) is 0.286. The Bertz CT molecular complexity index is 929. The third kappa shape index (κ3) is 5.59. The summed E-state index contributed by atoms with van der Waals surface area (Å²) < 4.78 is 5.49. The molecule has 0 spiro atoms. The zero-order chi connectivity index (χ0) is 19.9. The van der Waals surface area contributed by atoms with Gasteiger partial charge in [0.15, 0.2) is 0 Å². The second-order valence-electron chi connectivity index (χ2n) is 6.62. The quantitative estimate of drug-likeness (QED) is 0.498. The lowest BCUT2D eigenvalue weighted by atomic mass is 9.99. The highest BCUT2D eigenvalue weighted by Gasteiger charge is 2.16. The van der Waals surface area contributed by atoms with Crippen LogP contribution in [-0.4, -0.2) is 20.9 Å². The van der Waals surface area contributed by atoms with Crippen LogP contribution in [0.4, 0.5) is 0 Å². The monoisotopic (exact) mass is 415 g/mol. The number of nitrogens with one attached hydrogen (secondary N) is 1. The second kappa shape index (κ2) is 9.75. The van der Waals surface area contributed by atoms with Gasteiger partial charge in [-0.1, -0.05) is 43.3 Å². The minimum atomic E-state index is -0.251. The molecule has 0 bridgehead atoms. The smallest absolute Gasteiger partial charge is 0.306 e. The Morgan fingerprint density at radius 3 is 2.89 bits per heavy atom. The van der Waals surface area contributed by atoms with E-state index < -0.39 is 0 Å². The Kier molecular flexibility index (Phi) is 7.12.